The minimum atomic E-state index is -0.766. The van der Waals surface area contributed by atoms with Crippen molar-refractivity contribution in [1.29, 1.82) is 0 Å². The van der Waals surface area contributed by atoms with Gasteiger partial charge in [-0.1, -0.05) is 34.6 Å². The molecule has 3 aliphatic carbocycles. The molecule has 4 fully saturated rings. The Morgan fingerprint density at radius 2 is 1.89 bits per heavy atom. The summed E-state index contributed by atoms with van der Waals surface area (Å²) >= 11 is 0. The Balaban J connectivity index is 1.70. The molecule has 4 aliphatic rings. The smallest absolute Gasteiger partial charge is 0.0858 e. The van der Waals surface area contributed by atoms with Crippen molar-refractivity contribution in [2.24, 2.45) is 23.2 Å². The van der Waals surface area contributed by atoms with Gasteiger partial charge in [-0.05, 0) is 48.7 Å². The Kier molecular flexibility index (Phi) is 2.89. The molecule has 0 amide bonds. The highest BCUT2D eigenvalue weighted by molar-refractivity contribution is 8.31. The van der Waals surface area contributed by atoms with Crippen LogP contribution in [-0.2, 0) is 4.18 Å². The molecule has 1 saturated heterocycles. The summed E-state index contributed by atoms with van der Waals surface area (Å²) in [6.45, 7) is 12.1. The van der Waals surface area contributed by atoms with E-state index >= 15 is 0 Å². The number of hydrogen-bond acceptors (Lipinski definition) is 1. The maximum atomic E-state index is 6.56. The van der Waals surface area contributed by atoms with E-state index in [9.17, 15) is 0 Å². The summed E-state index contributed by atoms with van der Waals surface area (Å²) in [5.74, 6) is 2.67. The van der Waals surface area contributed by atoms with Gasteiger partial charge in [0, 0.05) is 10.5 Å². The lowest BCUT2D eigenvalue weighted by molar-refractivity contribution is -0.143. The van der Waals surface area contributed by atoms with Crippen LogP contribution in [0.5, 0.6) is 0 Å². The van der Waals surface area contributed by atoms with Gasteiger partial charge >= 0.3 is 0 Å². The molecule has 2 heteroatoms. The minimum Gasteiger partial charge on any atom is -0.332 e. The second-order valence-electron chi connectivity index (χ2n) is 8.10. The SMILES string of the molecule is CC(C)CC(C)S1(C)O[C@H]2C3CC(CC21)C3(C)C. The first kappa shape index (κ1) is 13.3. The van der Waals surface area contributed by atoms with Crippen LogP contribution in [0, 0.1) is 23.2 Å². The second kappa shape index (κ2) is 3.91. The third kappa shape index (κ3) is 1.57. The molecule has 1 heterocycles. The van der Waals surface area contributed by atoms with Crippen molar-refractivity contribution < 1.29 is 4.18 Å². The van der Waals surface area contributed by atoms with Crippen molar-refractivity contribution in [3.05, 3.63) is 0 Å². The van der Waals surface area contributed by atoms with E-state index in [-0.39, 0.29) is 0 Å². The largest absolute Gasteiger partial charge is 0.332 e. The molecule has 5 unspecified atom stereocenters. The molecule has 0 spiro atoms. The first-order chi connectivity index (χ1) is 8.26. The van der Waals surface area contributed by atoms with Crippen LogP contribution < -0.4 is 0 Å². The van der Waals surface area contributed by atoms with E-state index in [0.29, 0.717) is 11.5 Å². The molecule has 0 aromatic carbocycles. The molecule has 18 heavy (non-hydrogen) atoms. The molecule has 1 aliphatic heterocycles. The molecule has 3 saturated carbocycles. The summed E-state index contributed by atoms with van der Waals surface area (Å²) in [6, 6.07) is 0. The minimum absolute atomic E-state index is 0.573. The van der Waals surface area contributed by atoms with Crippen LogP contribution in [0.1, 0.15) is 53.9 Å². The Labute approximate surface area is 115 Å². The Morgan fingerprint density at radius 3 is 2.39 bits per heavy atom. The quantitative estimate of drug-likeness (QED) is 0.728. The van der Waals surface area contributed by atoms with Crippen LogP contribution in [0.25, 0.3) is 0 Å². The number of rotatable bonds is 3. The van der Waals surface area contributed by atoms with Gasteiger partial charge in [0.2, 0.25) is 0 Å². The lowest BCUT2D eigenvalue weighted by atomic mass is 9.47. The van der Waals surface area contributed by atoms with Gasteiger partial charge in [-0.2, -0.15) is 0 Å². The van der Waals surface area contributed by atoms with Crippen LogP contribution in [0.2, 0.25) is 0 Å². The maximum Gasteiger partial charge on any atom is 0.0858 e. The summed E-state index contributed by atoms with van der Waals surface area (Å²) in [7, 11) is -0.766. The monoisotopic (exact) mass is 270 g/mol. The van der Waals surface area contributed by atoms with E-state index in [0.717, 1.165) is 28.3 Å². The fourth-order valence-electron chi connectivity index (χ4n) is 4.78. The van der Waals surface area contributed by atoms with E-state index in [1.54, 1.807) is 0 Å². The molecule has 6 atom stereocenters. The van der Waals surface area contributed by atoms with Gasteiger partial charge in [0.15, 0.2) is 0 Å². The molecule has 0 radical (unpaired) electrons. The summed E-state index contributed by atoms with van der Waals surface area (Å²) < 4.78 is 6.56. The lowest BCUT2D eigenvalue weighted by Crippen LogP contribution is -2.67. The Bertz CT molecular complexity index is 351. The molecular formula is C16H30OS. The summed E-state index contributed by atoms with van der Waals surface area (Å²) in [4.78, 5) is 0. The maximum absolute atomic E-state index is 6.56. The predicted molar refractivity (Wildman–Crippen MR) is 81.1 cm³/mol. The fourth-order valence-corrected chi connectivity index (χ4v) is 8.44. The van der Waals surface area contributed by atoms with Gasteiger partial charge in [-0.15, -0.1) is 10.3 Å². The van der Waals surface area contributed by atoms with Crippen molar-refractivity contribution in [3.8, 4) is 0 Å². The first-order valence-electron chi connectivity index (χ1n) is 7.71. The lowest BCUT2D eigenvalue weighted by Gasteiger charge is -2.73. The third-order valence-corrected chi connectivity index (χ3v) is 10.4. The zero-order valence-electron chi connectivity index (χ0n) is 12.9. The fraction of sp³-hybridized carbons (Fsp3) is 1.00. The van der Waals surface area contributed by atoms with Crippen molar-refractivity contribution in [1.82, 2.24) is 0 Å². The van der Waals surface area contributed by atoms with Crippen molar-refractivity contribution in [3.63, 3.8) is 0 Å². The number of hydrogen-bond donors (Lipinski definition) is 0. The molecule has 0 aromatic heterocycles. The molecule has 0 aromatic rings. The first-order valence-corrected chi connectivity index (χ1v) is 9.80. The predicted octanol–water partition coefficient (Wildman–Crippen LogP) is 4.60. The van der Waals surface area contributed by atoms with Gasteiger partial charge in [-0.3, -0.25) is 0 Å². The van der Waals surface area contributed by atoms with Crippen LogP contribution in [0.15, 0.2) is 0 Å². The zero-order chi connectivity index (χ0) is 13.3. The van der Waals surface area contributed by atoms with Gasteiger partial charge in [0.05, 0.1) is 6.10 Å². The van der Waals surface area contributed by atoms with Gasteiger partial charge in [-0.25, -0.2) is 0 Å². The van der Waals surface area contributed by atoms with E-state index in [4.69, 9.17) is 4.18 Å². The molecule has 4 rings (SSSR count). The van der Waals surface area contributed by atoms with E-state index in [1.165, 1.54) is 19.3 Å². The molecule has 0 N–H and O–H groups in total. The molecule has 1 nitrogen and oxygen atoms in total. The summed E-state index contributed by atoms with van der Waals surface area (Å²) in [5.41, 5.74) is 0.573. The van der Waals surface area contributed by atoms with Crippen molar-refractivity contribution in [2.45, 2.75) is 70.5 Å². The van der Waals surface area contributed by atoms with E-state index in [2.05, 4.69) is 40.9 Å². The highest BCUT2D eigenvalue weighted by Crippen LogP contribution is 2.77. The third-order valence-electron chi connectivity index (χ3n) is 6.35. The van der Waals surface area contributed by atoms with Crippen molar-refractivity contribution in [2.75, 3.05) is 6.26 Å². The van der Waals surface area contributed by atoms with E-state index < -0.39 is 10.3 Å². The highest BCUT2D eigenvalue weighted by Gasteiger charge is 2.67. The van der Waals surface area contributed by atoms with Crippen LogP contribution in [0.4, 0.5) is 0 Å². The average Bonchev–Trinajstić information content (AvgIpc) is 2.25. The van der Waals surface area contributed by atoms with Crippen molar-refractivity contribution >= 4 is 10.3 Å². The van der Waals surface area contributed by atoms with Crippen LogP contribution in [0.3, 0.4) is 0 Å². The van der Waals surface area contributed by atoms with E-state index in [1.807, 2.05) is 0 Å². The molecule has 2 bridgehead atoms. The van der Waals surface area contributed by atoms with Gasteiger partial charge in [0.25, 0.3) is 0 Å². The summed E-state index contributed by atoms with van der Waals surface area (Å²) in [5, 5.41) is 1.72. The van der Waals surface area contributed by atoms with Crippen LogP contribution in [-0.4, -0.2) is 22.9 Å². The summed E-state index contributed by atoms with van der Waals surface area (Å²) in [6.07, 6.45) is 7.34. The van der Waals surface area contributed by atoms with Gasteiger partial charge in [0.1, 0.15) is 0 Å². The Morgan fingerprint density at radius 1 is 1.22 bits per heavy atom. The highest BCUT2D eigenvalue weighted by atomic mass is 32.3. The second-order valence-corrected chi connectivity index (χ2v) is 11.6. The topological polar surface area (TPSA) is 9.23 Å². The van der Waals surface area contributed by atoms with Gasteiger partial charge < -0.3 is 4.18 Å². The molecular weight excluding hydrogens is 240 g/mol. The zero-order valence-corrected chi connectivity index (χ0v) is 13.7. The Hall–Kier alpha value is 0.310. The molecule has 106 valence electrons. The average molecular weight is 270 g/mol. The van der Waals surface area contributed by atoms with Crippen LogP contribution >= 0.6 is 10.3 Å². The standard InChI is InChI=1S/C16H30OS/c1-10(2)7-11(3)18(6)14-9-12-8-13(15(14)17-18)16(12,4)5/h10-15H,7-9H2,1-6H3/t11?,12?,13?,14?,15-/m0/s1. The normalized spacial score (nSPS) is 53.7.